The van der Waals surface area contributed by atoms with Gasteiger partial charge in [-0.2, -0.15) is 5.26 Å². The summed E-state index contributed by atoms with van der Waals surface area (Å²) in [4.78, 5) is 2.05. The van der Waals surface area contributed by atoms with Crippen molar-refractivity contribution in [3.63, 3.8) is 0 Å². The van der Waals surface area contributed by atoms with Crippen LogP contribution >= 0.6 is 0 Å². The van der Waals surface area contributed by atoms with E-state index in [0.717, 1.165) is 16.7 Å². The molecule has 2 aromatic carbocycles. The SMILES string of the molecule is CN(C)C(/C=C\Cc1ccc(C#N)cc1CO)c1ccc(F)cc1. The van der Waals surface area contributed by atoms with Gasteiger partial charge in [0.2, 0.25) is 0 Å². The molecule has 3 nitrogen and oxygen atoms in total. The summed E-state index contributed by atoms with van der Waals surface area (Å²) >= 11 is 0. The van der Waals surface area contributed by atoms with Crippen molar-refractivity contribution < 1.29 is 9.50 Å². The number of halogens is 1. The fourth-order valence-corrected chi connectivity index (χ4v) is 2.61. The Hall–Kier alpha value is -2.48. The van der Waals surface area contributed by atoms with Crippen LogP contribution in [0.1, 0.15) is 28.3 Å². The lowest BCUT2D eigenvalue weighted by molar-refractivity contribution is 0.281. The third kappa shape index (κ3) is 4.51. The van der Waals surface area contributed by atoms with Gasteiger partial charge in [-0.25, -0.2) is 4.39 Å². The molecule has 0 aromatic heterocycles. The molecule has 0 spiro atoms. The predicted octanol–water partition coefficient (Wildman–Crippen LogP) is 3.59. The summed E-state index contributed by atoms with van der Waals surface area (Å²) < 4.78 is 13.1. The van der Waals surface area contributed by atoms with Gasteiger partial charge in [0.15, 0.2) is 0 Å². The summed E-state index contributed by atoms with van der Waals surface area (Å²) in [6, 6.07) is 14.0. The first-order valence-electron chi connectivity index (χ1n) is 7.76. The van der Waals surface area contributed by atoms with Gasteiger partial charge >= 0.3 is 0 Å². The van der Waals surface area contributed by atoms with Crippen LogP contribution in [0.25, 0.3) is 0 Å². The topological polar surface area (TPSA) is 47.3 Å². The van der Waals surface area contributed by atoms with E-state index in [1.807, 2.05) is 26.2 Å². The molecule has 2 aromatic rings. The van der Waals surface area contributed by atoms with Gasteiger partial charge in [-0.15, -0.1) is 0 Å². The standard InChI is InChI=1S/C20H21FN2O/c1-23(2)20(17-8-10-19(21)11-9-17)5-3-4-16-7-6-15(13-22)12-18(16)14-24/h3,5-12,20,24H,4,14H2,1-2H3/b5-3-. The van der Waals surface area contributed by atoms with Gasteiger partial charge in [0, 0.05) is 0 Å². The normalized spacial score (nSPS) is 12.5. The highest BCUT2D eigenvalue weighted by molar-refractivity contribution is 5.39. The van der Waals surface area contributed by atoms with Crippen LogP contribution in [0.15, 0.2) is 54.6 Å². The van der Waals surface area contributed by atoms with Crippen LogP contribution in [0.5, 0.6) is 0 Å². The average Bonchev–Trinajstić information content (AvgIpc) is 2.59. The number of rotatable bonds is 6. The Bertz CT molecular complexity index is 745. The molecule has 2 rings (SSSR count). The number of allylic oxidation sites excluding steroid dienone is 1. The first-order chi connectivity index (χ1) is 11.5. The smallest absolute Gasteiger partial charge is 0.123 e. The molecule has 4 heteroatoms. The first kappa shape index (κ1) is 17.9. The van der Waals surface area contributed by atoms with Crippen molar-refractivity contribution in [2.24, 2.45) is 0 Å². The number of hydrogen-bond acceptors (Lipinski definition) is 3. The zero-order valence-corrected chi connectivity index (χ0v) is 13.9. The van der Waals surface area contributed by atoms with Gasteiger partial charge in [-0.05, 0) is 61.5 Å². The molecule has 0 amide bonds. The van der Waals surface area contributed by atoms with E-state index in [1.165, 1.54) is 12.1 Å². The molecule has 0 aliphatic rings. The third-order valence-electron chi connectivity index (χ3n) is 3.93. The maximum absolute atomic E-state index is 13.1. The Labute approximate surface area is 142 Å². The molecule has 1 unspecified atom stereocenters. The molecule has 0 saturated heterocycles. The van der Waals surface area contributed by atoms with Crippen molar-refractivity contribution in [2.45, 2.75) is 19.1 Å². The number of nitriles is 1. The van der Waals surface area contributed by atoms with Gasteiger partial charge in [-0.1, -0.05) is 30.4 Å². The zero-order valence-electron chi connectivity index (χ0n) is 13.9. The van der Waals surface area contributed by atoms with E-state index in [2.05, 4.69) is 17.0 Å². The van der Waals surface area contributed by atoms with Crippen molar-refractivity contribution in [2.75, 3.05) is 14.1 Å². The Balaban J connectivity index is 2.16. The van der Waals surface area contributed by atoms with E-state index in [4.69, 9.17) is 5.26 Å². The molecule has 1 atom stereocenters. The fraction of sp³-hybridized carbons (Fsp3) is 0.250. The van der Waals surface area contributed by atoms with Gasteiger partial charge < -0.3 is 5.11 Å². The number of aliphatic hydroxyl groups excluding tert-OH is 1. The summed E-state index contributed by atoms with van der Waals surface area (Å²) in [5.74, 6) is -0.245. The minimum absolute atomic E-state index is 0.0431. The van der Waals surface area contributed by atoms with Crippen molar-refractivity contribution in [1.29, 1.82) is 5.26 Å². The van der Waals surface area contributed by atoms with Crippen LogP contribution in [0.2, 0.25) is 0 Å². The molecule has 1 N–H and O–H groups in total. The molecule has 0 radical (unpaired) electrons. The molecule has 24 heavy (non-hydrogen) atoms. The fourth-order valence-electron chi connectivity index (χ4n) is 2.61. The van der Waals surface area contributed by atoms with Crippen LogP contribution < -0.4 is 0 Å². The highest BCUT2D eigenvalue weighted by atomic mass is 19.1. The monoisotopic (exact) mass is 324 g/mol. The maximum Gasteiger partial charge on any atom is 0.123 e. The second kappa shape index (κ2) is 8.39. The Morgan fingerprint density at radius 3 is 2.46 bits per heavy atom. The molecular weight excluding hydrogens is 303 g/mol. The molecule has 0 fully saturated rings. The number of aliphatic hydroxyl groups is 1. The quantitative estimate of drug-likeness (QED) is 0.826. The summed E-state index contributed by atoms with van der Waals surface area (Å²) in [6.45, 7) is -0.0895. The Morgan fingerprint density at radius 1 is 1.17 bits per heavy atom. The highest BCUT2D eigenvalue weighted by Gasteiger charge is 2.10. The Morgan fingerprint density at radius 2 is 1.88 bits per heavy atom. The Kier molecular flexibility index (Phi) is 6.25. The zero-order chi connectivity index (χ0) is 17.5. The van der Waals surface area contributed by atoms with Crippen molar-refractivity contribution >= 4 is 0 Å². The lowest BCUT2D eigenvalue weighted by Gasteiger charge is -2.21. The largest absolute Gasteiger partial charge is 0.392 e. The van der Waals surface area contributed by atoms with Gasteiger partial charge in [0.1, 0.15) is 5.82 Å². The summed E-state index contributed by atoms with van der Waals surface area (Å²) in [7, 11) is 3.94. The van der Waals surface area contributed by atoms with E-state index < -0.39 is 0 Å². The van der Waals surface area contributed by atoms with Crippen LogP contribution in [0.4, 0.5) is 4.39 Å². The van der Waals surface area contributed by atoms with Crippen LogP contribution in [-0.2, 0) is 13.0 Å². The van der Waals surface area contributed by atoms with Crippen molar-refractivity contribution in [1.82, 2.24) is 4.90 Å². The van der Waals surface area contributed by atoms with Crippen molar-refractivity contribution in [3.8, 4) is 6.07 Å². The van der Waals surface area contributed by atoms with Crippen molar-refractivity contribution in [3.05, 3.63) is 82.7 Å². The molecule has 0 aliphatic carbocycles. The van der Waals surface area contributed by atoms with Gasteiger partial charge in [-0.3, -0.25) is 4.90 Å². The average molecular weight is 324 g/mol. The molecular formula is C20H21FN2O. The summed E-state index contributed by atoms with van der Waals surface area (Å²) in [5.41, 5.74) is 3.32. The molecule has 124 valence electrons. The van der Waals surface area contributed by atoms with Gasteiger partial charge in [0.25, 0.3) is 0 Å². The minimum atomic E-state index is -0.245. The first-order valence-corrected chi connectivity index (χ1v) is 7.76. The molecule has 0 heterocycles. The van der Waals surface area contributed by atoms with E-state index in [9.17, 15) is 9.50 Å². The third-order valence-corrected chi connectivity index (χ3v) is 3.93. The second-order valence-corrected chi connectivity index (χ2v) is 5.85. The lowest BCUT2D eigenvalue weighted by Crippen LogP contribution is -2.18. The maximum atomic E-state index is 13.1. The number of benzene rings is 2. The number of hydrogen-bond donors (Lipinski definition) is 1. The molecule has 0 bridgehead atoms. The summed E-state index contributed by atoms with van der Waals surface area (Å²) in [5, 5.41) is 18.4. The van der Waals surface area contributed by atoms with Crippen LogP contribution in [-0.4, -0.2) is 24.1 Å². The lowest BCUT2D eigenvalue weighted by atomic mass is 10.0. The molecule has 0 saturated carbocycles. The number of likely N-dealkylation sites (N-methyl/N-ethyl adjacent to an activating group) is 1. The number of nitrogens with zero attached hydrogens (tertiary/aromatic N) is 2. The second-order valence-electron chi connectivity index (χ2n) is 5.85. The van der Waals surface area contributed by atoms with Gasteiger partial charge in [0.05, 0.1) is 24.3 Å². The van der Waals surface area contributed by atoms with E-state index in [1.54, 1.807) is 24.3 Å². The highest BCUT2D eigenvalue weighted by Crippen LogP contribution is 2.21. The van der Waals surface area contributed by atoms with Crippen LogP contribution in [0.3, 0.4) is 0 Å². The molecule has 0 aliphatic heterocycles. The predicted molar refractivity (Wildman–Crippen MR) is 92.8 cm³/mol. The van der Waals surface area contributed by atoms with E-state index in [0.29, 0.717) is 12.0 Å². The summed E-state index contributed by atoms with van der Waals surface area (Å²) in [6.07, 6.45) is 4.76. The van der Waals surface area contributed by atoms with Crippen LogP contribution in [0, 0.1) is 17.1 Å². The minimum Gasteiger partial charge on any atom is -0.392 e. The van der Waals surface area contributed by atoms with E-state index in [-0.39, 0.29) is 18.5 Å². The van der Waals surface area contributed by atoms with E-state index >= 15 is 0 Å².